The summed E-state index contributed by atoms with van der Waals surface area (Å²) in [5.74, 6) is 0.522. The van der Waals surface area contributed by atoms with E-state index in [0.717, 1.165) is 24.5 Å². The molecule has 1 aromatic rings. The number of anilines is 1. The normalized spacial score (nSPS) is 15.1. The summed E-state index contributed by atoms with van der Waals surface area (Å²) in [6, 6.07) is 0.362. The third-order valence-electron chi connectivity index (χ3n) is 3.11. The Morgan fingerprint density at radius 3 is 2.58 bits per heavy atom. The summed E-state index contributed by atoms with van der Waals surface area (Å²) in [5.41, 5.74) is 0.696. The highest BCUT2D eigenvalue weighted by atomic mass is 16.4. The Kier molecular flexibility index (Phi) is 4.14. The molecular formula is C14H19N3O2. The van der Waals surface area contributed by atoms with Crippen LogP contribution in [0.5, 0.6) is 0 Å². The van der Waals surface area contributed by atoms with Crippen LogP contribution in [0.2, 0.25) is 0 Å². The standard InChI is InChI=1S/C14H19N3O2/c1-10(2)17(9-11-3-4-11)14-15-7-12(8-16-14)5-6-13(18)19/h5-8,10-11H,3-4,9H2,1-2H3,(H,18,19)/b6-5+. The molecule has 1 aromatic heterocycles. The molecule has 1 aliphatic carbocycles. The molecule has 1 aliphatic rings. The summed E-state index contributed by atoms with van der Waals surface area (Å²) < 4.78 is 0. The number of rotatable bonds is 6. The SMILES string of the molecule is CC(C)N(CC1CC1)c1ncc(/C=C/C(=O)O)cn1. The smallest absolute Gasteiger partial charge is 0.328 e. The van der Waals surface area contributed by atoms with Gasteiger partial charge >= 0.3 is 5.97 Å². The predicted octanol–water partition coefficient (Wildman–Crippen LogP) is 2.20. The van der Waals surface area contributed by atoms with E-state index in [-0.39, 0.29) is 0 Å². The van der Waals surface area contributed by atoms with Gasteiger partial charge in [-0.25, -0.2) is 14.8 Å². The number of aliphatic carboxylic acids is 1. The monoisotopic (exact) mass is 261 g/mol. The minimum absolute atomic E-state index is 0.362. The molecule has 5 heteroatoms. The first kappa shape index (κ1) is 13.5. The van der Waals surface area contributed by atoms with E-state index < -0.39 is 5.97 Å². The van der Waals surface area contributed by atoms with Gasteiger partial charge in [0.05, 0.1) is 0 Å². The van der Waals surface area contributed by atoms with Crippen LogP contribution in [0.25, 0.3) is 6.08 Å². The molecule has 1 fully saturated rings. The molecule has 1 saturated carbocycles. The fraction of sp³-hybridized carbons (Fsp3) is 0.500. The quantitative estimate of drug-likeness (QED) is 0.795. The summed E-state index contributed by atoms with van der Waals surface area (Å²) in [6.45, 7) is 5.26. The van der Waals surface area contributed by atoms with Gasteiger partial charge in [-0.3, -0.25) is 0 Å². The van der Waals surface area contributed by atoms with E-state index in [1.54, 1.807) is 12.4 Å². The zero-order chi connectivity index (χ0) is 13.8. The van der Waals surface area contributed by atoms with Crippen molar-refractivity contribution >= 4 is 18.0 Å². The van der Waals surface area contributed by atoms with Crippen LogP contribution in [0, 0.1) is 5.92 Å². The third-order valence-corrected chi connectivity index (χ3v) is 3.11. The zero-order valence-corrected chi connectivity index (χ0v) is 11.3. The highest BCUT2D eigenvalue weighted by molar-refractivity contribution is 5.85. The predicted molar refractivity (Wildman–Crippen MR) is 73.9 cm³/mol. The fourth-order valence-electron chi connectivity index (χ4n) is 1.84. The van der Waals surface area contributed by atoms with E-state index in [1.165, 1.54) is 18.9 Å². The first-order valence-electron chi connectivity index (χ1n) is 6.56. The summed E-state index contributed by atoms with van der Waals surface area (Å²) in [6.07, 6.45) is 8.48. The van der Waals surface area contributed by atoms with Crippen molar-refractivity contribution in [2.24, 2.45) is 5.92 Å². The Hall–Kier alpha value is -1.91. The van der Waals surface area contributed by atoms with Crippen molar-refractivity contribution in [2.45, 2.75) is 32.7 Å². The maximum atomic E-state index is 10.4. The van der Waals surface area contributed by atoms with E-state index >= 15 is 0 Å². The second-order valence-electron chi connectivity index (χ2n) is 5.18. The van der Waals surface area contributed by atoms with E-state index in [4.69, 9.17) is 5.11 Å². The van der Waals surface area contributed by atoms with Gasteiger partial charge in [-0.2, -0.15) is 0 Å². The van der Waals surface area contributed by atoms with Crippen molar-refractivity contribution in [2.75, 3.05) is 11.4 Å². The van der Waals surface area contributed by atoms with Crippen LogP contribution in [0.15, 0.2) is 18.5 Å². The third kappa shape index (κ3) is 4.05. The molecule has 0 bridgehead atoms. The molecule has 0 saturated heterocycles. The van der Waals surface area contributed by atoms with Crippen LogP contribution < -0.4 is 4.90 Å². The van der Waals surface area contributed by atoms with Gasteiger partial charge in [-0.15, -0.1) is 0 Å². The van der Waals surface area contributed by atoms with Crippen LogP contribution in [0.1, 0.15) is 32.3 Å². The summed E-state index contributed by atoms with van der Waals surface area (Å²) in [5, 5.41) is 8.56. The number of hydrogen-bond donors (Lipinski definition) is 1. The maximum Gasteiger partial charge on any atom is 0.328 e. The molecule has 0 aromatic carbocycles. The van der Waals surface area contributed by atoms with Crippen LogP contribution in [-0.4, -0.2) is 33.6 Å². The topological polar surface area (TPSA) is 66.3 Å². The van der Waals surface area contributed by atoms with E-state index in [2.05, 4.69) is 28.7 Å². The summed E-state index contributed by atoms with van der Waals surface area (Å²) in [7, 11) is 0. The van der Waals surface area contributed by atoms with Crippen molar-refractivity contribution in [3.8, 4) is 0 Å². The number of aromatic nitrogens is 2. The summed E-state index contributed by atoms with van der Waals surface area (Å²) in [4.78, 5) is 21.3. The molecule has 0 amide bonds. The van der Waals surface area contributed by atoms with Crippen LogP contribution in [0.3, 0.4) is 0 Å². The number of carboxylic acid groups (broad SMARTS) is 1. The Labute approximate surface area is 113 Å². The Bertz CT molecular complexity index is 464. The van der Waals surface area contributed by atoms with Gasteiger partial charge in [0.25, 0.3) is 0 Å². The van der Waals surface area contributed by atoms with Gasteiger partial charge in [-0.1, -0.05) is 0 Å². The molecule has 102 valence electrons. The molecule has 19 heavy (non-hydrogen) atoms. The fourth-order valence-corrected chi connectivity index (χ4v) is 1.84. The van der Waals surface area contributed by atoms with Gasteiger partial charge in [0.1, 0.15) is 0 Å². The highest BCUT2D eigenvalue weighted by Crippen LogP contribution is 2.31. The van der Waals surface area contributed by atoms with Crippen molar-refractivity contribution in [3.05, 3.63) is 24.0 Å². The first-order chi connectivity index (χ1) is 9.06. The number of nitrogens with zero attached hydrogens (tertiary/aromatic N) is 3. The Morgan fingerprint density at radius 1 is 1.47 bits per heavy atom. The van der Waals surface area contributed by atoms with Crippen LogP contribution in [0.4, 0.5) is 5.95 Å². The summed E-state index contributed by atoms with van der Waals surface area (Å²) >= 11 is 0. The van der Waals surface area contributed by atoms with Crippen molar-refractivity contribution in [1.82, 2.24) is 9.97 Å². The van der Waals surface area contributed by atoms with Gasteiger partial charge in [0, 0.05) is 36.6 Å². The molecule has 5 nitrogen and oxygen atoms in total. The lowest BCUT2D eigenvalue weighted by Gasteiger charge is -2.26. The first-order valence-corrected chi connectivity index (χ1v) is 6.56. The lowest BCUT2D eigenvalue weighted by atomic mass is 10.3. The van der Waals surface area contributed by atoms with Crippen LogP contribution >= 0.6 is 0 Å². The van der Waals surface area contributed by atoms with E-state index in [9.17, 15) is 4.79 Å². The molecule has 0 aliphatic heterocycles. The van der Waals surface area contributed by atoms with Gasteiger partial charge in [0.15, 0.2) is 0 Å². The molecule has 2 rings (SSSR count). The molecular weight excluding hydrogens is 242 g/mol. The van der Waals surface area contributed by atoms with Gasteiger partial charge < -0.3 is 10.0 Å². The lowest BCUT2D eigenvalue weighted by molar-refractivity contribution is -0.131. The Balaban J connectivity index is 2.08. The lowest BCUT2D eigenvalue weighted by Crippen LogP contribution is -2.34. The molecule has 0 radical (unpaired) electrons. The molecule has 0 atom stereocenters. The minimum atomic E-state index is -0.971. The molecule has 1 N–H and O–H groups in total. The zero-order valence-electron chi connectivity index (χ0n) is 11.3. The van der Waals surface area contributed by atoms with Crippen molar-refractivity contribution in [1.29, 1.82) is 0 Å². The van der Waals surface area contributed by atoms with E-state index in [1.807, 2.05) is 0 Å². The van der Waals surface area contributed by atoms with Crippen molar-refractivity contribution < 1.29 is 9.90 Å². The number of carbonyl (C=O) groups is 1. The van der Waals surface area contributed by atoms with Crippen LogP contribution in [-0.2, 0) is 4.79 Å². The average molecular weight is 261 g/mol. The molecule has 0 spiro atoms. The second kappa shape index (κ2) is 5.82. The number of carboxylic acids is 1. The van der Waals surface area contributed by atoms with Crippen molar-refractivity contribution in [3.63, 3.8) is 0 Å². The Morgan fingerprint density at radius 2 is 2.11 bits per heavy atom. The van der Waals surface area contributed by atoms with Gasteiger partial charge in [-0.05, 0) is 38.7 Å². The number of hydrogen-bond acceptors (Lipinski definition) is 4. The highest BCUT2D eigenvalue weighted by Gasteiger charge is 2.26. The second-order valence-corrected chi connectivity index (χ2v) is 5.18. The molecule has 1 heterocycles. The molecule has 0 unspecified atom stereocenters. The largest absolute Gasteiger partial charge is 0.478 e. The van der Waals surface area contributed by atoms with E-state index in [0.29, 0.717) is 11.6 Å². The maximum absolute atomic E-state index is 10.4. The average Bonchev–Trinajstić information content (AvgIpc) is 3.18. The van der Waals surface area contributed by atoms with Gasteiger partial charge in [0.2, 0.25) is 5.95 Å². The minimum Gasteiger partial charge on any atom is -0.478 e.